The van der Waals surface area contributed by atoms with Gasteiger partial charge in [0.05, 0.1) is 28.8 Å². The largest absolute Gasteiger partial charge is 0.490 e. The van der Waals surface area contributed by atoms with Crippen LogP contribution in [0.25, 0.3) is 11.0 Å². The Labute approximate surface area is 156 Å². The molecule has 3 rings (SSSR count). The monoisotopic (exact) mass is 375 g/mol. The highest BCUT2D eigenvalue weighted by molar-refractivity contribution is 6.32. The number of fused-ring (bicyclic) bond motifs is 1. The van der Waals surface area contributed by atoms with E-state index >= 15 is 0 Å². The van der Waals surface area contributed by atoms with E-state index in [9.17, 15) is 4.79 Å². The Balaban J connectivity index is 1.80. The zero-order chi connectivity index (χ0) is 18.7. The van der Waals surface area contributed by atoms with Gasteiger partial charge in [0.1, 0.15) is 0 Å². The van der Waals surface area contributed by atoms with Crippen molar-refractivity contribution in [2.75, 3.05) is 11.9 Å². The van der Waals surface area contributed by atoms with Gasteiger partial charge in [-0.15, -0.1) is 0 Å². The molecule has 0 bridgehead atoms. The van der Waals surface area contributed by atoms with Crippen LogP contribution in [0.2, 0.25) is 5.02 Å². The van der Waals surface area contributed by atoms with Crippen LogP contribution in [-0.4, -0.2) is 22.7 Å². The second kappa shape index (κ2) is 7.74. The van der Waals surface area contributed by atoms with Gasteiger partial charge in [0.25, 0.3) is 0 Å². The molecule has 1 aromatic heterocycles. The summed E-state index contributed by atoms with van der Waals surface area (Å²) in [5, 5.41) is 3.85. The maximum atomic E-state index is 11.4. The summed E-state index contributed by atoms with van der Waals surface area (Å²) in [6.45, 7) is 6.90. The van der Waals surface area contributed by atoms with Gasteiger partial charge in [0.2, 0.25) is 0 Å². The molecule has 26 heavy (non-hydrogen) atoms. The lowest BCUT2D eigenvalue weighted by atomic mass is 10.2. The van der Waals surface area contributed by atoms with Crippen LogP contribution in [0.5, 0.6) is 11.5 Å². The molecule has 0 aliphatic carbocycles. The average Bonchev–Trinajstić information content (AvgIpc) is 2.95. The van der Waals surface area contributed by atoms with Crippen molar-refractivity contribution in [2.24, 2.45) is 0 Å². The van der Waals surface area contributed by atoms with E-state index in [1.807, 2.05) is 51.1 Å². The Morgan fingerprint density at radius 2 is 1.92 bits per heavy atom. The first-order valence-electron chi connectivity index (χ1n) is 8.54. The fourth-order valence-corrected chi connectivity index (χ4v) is 2.96. The molecule has 0 aliphatic heterocycles. The average molecular weight is 376 g/mol. The lowest BCUT2D eigenvalue weighted by molar-refractivity contribution is 0.224. The van der Waals surface area contributed by atoms with Gasteiger partial charge in [-0.05, 0) is 56.7 Å². The number of hydrogen-bond acceptors (Lipinski definition) is 4. The zero-order valence-electron chi connectivity index (χ0n) is 15.0. The van der Waals surface area contributed by atoms with Crippen LogP contribution in [0.3, 0.4) is 0 Å². The van der Waals surface area contributed by atoms with Gasteiger partial charge in [-0.25, -0.2) is 4.79 Å². The molecular weight excluding hydrogens is 354 g/mol. The quantitative estimate of drug-likeness (QED) is 0.575. The van der Waals surface area contributed by atoms with Crippen molar-refractivity contribution in [3.05, 3.63) is 51.4 Å². The summed E-state index contributed by atoms with van der Waals surface area (Å²) in [6, 6.07) is 9.44. The number of aromatic amines is 2. The van der Waals surface area contributed by atoms with Crippen LogP contribution in [0.4, 0.5) is 5.69 Å². The Morgan fingerprint density at radius 3 is 2.65 bits per heavy atom. The lowest BCUT2D eigenvalue weighted by Gasteiger charge is -2.17. The molecule has 138 valence electrons. The number of benzene rings is 2. The van der Waals surface area contributed by atoms with Crippen molar-refractivity contribution in [1.82, 2.24) is 9.97 Å². The summed E-state index contributed by atoms with van der Waals surface area (Å²) >= 11 is 6.40. The number of nitrogens with one attached hydrogen (secondary N) is 3. The van der Waals surface area contributed by atoms with E-state index in [4.69, 9.17) is 21.1 Å². The third-order valence-electron chi connectivity index (χ3n) is 3.74. The normalized spacial score (nSPS) is 11.1. The first kappa shape index (κ1) is 18.2. The number of anilines is 1. The van der Waals surface area contributed by atoms with Crippen molar-refractivity contribution in [1.29, 1.82) is 0 Å². The first-order chi connectivity index (χ1) is 12.5. The maximum absolute atomic E-state index is 11.4. The summed E-state index contributed by atoms with van der Waals surface area (Å²) in [4.78, 5) is 16.8. The SMILES string of the molecule is CCOc1cc(CNc2ccc3[nH]c(=O)[nH]c3c2)cc(Cl)c1OC(C)C. The minimum absolute atomic E-state index is 0.00548. The van der Waals surface area contributed by atoms with E-state index in [1.54, 1.807) is 0 Å². The van der Waals surface area contributed by atoms with E-state index in [0.717, 1.165) is 22.3 Å². The number of rotatable bonds is 7. The maximum Gasteiger partial charge on any atom is 0.323 e. The number of hydrogen-bond donors (Lipinski definition) is 3. The van der Waals surface area contributed by atoms with Crippen molar-refractivity contribution >= 4 is 28.3 Å². The predicted molar refractivity (Wildman–Crippen MR) is 105 cm³/mol. The van der Waals surface area contributed by atoms with Crippen molar-refractivity contribution in [3.63, 3.8) is 0 Å². The van der Waals surface area contributed by atoms with Crippen molar-refractivity contribution in [2.45, 2.75) is 33.4 Å². The van der Waals surface area contributed by atoms with E-state index < -0.39 is 0 Å². The number of H-pyrrole nitrogens is 2. The van der Waals surface area contributed by atoms with Crippen molar-refractivity contribution < 1.29 is 9.47 Å². The van der Waals surface area contributed by atoms with Crippen LogP contribution in [0.15, 0.2) is 35.1 Å². The topological polar surface area (TPSA) is 79.1 Å². The molecule has 2 aromatic carbocycles. The number of ether oxygens (including phenoxy) is 2. The van der Waals surface area contributed by atoms with Crippen LogP contribution in [-0.2, 0) is 6.54 Å². The molecule has 0 fully saturated rings. The zero-order valence-corrected chi connectivity index (χ0v) is 15.7. The fourth-order valence-electron chi connectivity index (χ4n) is 2.68. The van der Waals surface area contributed by atoms with E-state index in [2.05, 4.69) is 15.3 Å². The summed E-state index contributed by atoms with van der Waals surface area (Å²) in [5.74, 6) is 1.20. The summed E-state index contributed by atoms with van der Waals surface area (Å²) in [6.07, 6.45) is 0.00548. The standard InChI is InChI=1S/C19H22ClN3O3/c1-4-25-17-8-12(7-14(20)18(17)26-11(2)3)10-21-13-5-6-15-16(9-13)23-19(24)22-15/h5-9,11,21H,4,10H2,1-3H3,(H2,22,23,24). The van der Waals surface area contributed by atoms with Gasteiger partial charge in [-0.3, -0.25) is 0 Å². The highest BCUT2D eigenvalue weighted by Gasteiger charge is 2.14. The Hall–Kier alpha value is -2.60. The highest BCUT2D eigenvalue weighted by Crippen LogP contribution is 2.37. The fraction of sp³-hybridized carbons (Fsp3) is 0.316. The molecule has 3 N–H and O–H groups in total. The number of aromatic nitrogens is 2. The third-order valence-corrected chi connectivity index (χ3v) is 4.02. The summed E-state index contributed by atoms with van der Waals surface area (Å²) in [7, 11) is 0. The predicted octanol–water partition coefficient (Wildman–Crippen LogP) is 4.31. The minimum Gasteiger partial charge on any atom is -0.490 e. The minimum atomic E-state index is -0.217. The van der Waals surface area contributed by atoms with Crippen LogP contribution < -0.4 is 20.5 Å². The molecule has 0 aliphatic rings. The van der Waals surface area contributed by atoms with E-state index in [1.165, 1.54) is 0 Å². The van der Waals surface area contributed by atoms with Gasteiger partial charge >= 0.3 is 5.69 Å². The molecule has 0 radical (unpaired) electrons. The molecular formula is C19H22ClN3O3. The Morgan fingerprint density at radius 1 is 1.15 bits per heavy atom. The van der Waals surface area contributed by atoms with Gasteiger partial charge in [-0.2, -0.15) is 0 Å². The first-order valence-corrected chi connectivity index (χ1v) is 8.92. The van der Waals surface area contributed by atoms with Crippen LogP contribution >= 0.6 is 11.6 Å². The highest BCUT2D eigenvalue weighted by atomic mass is 35.5. The smallest absolute Gasteiger partial charge is 0.323 e. The molecule has 0 saturated heterocycles. The second-order valence-corrected chi connectivity index (χ2v) is 6.60. The molecule has 1 heterocycles. The van der Waals surface area contributed by atoms with E-state index in [-0.39, 0.29) is 11.8 Å². The van der Waals surface area contributed by atoms with Crippen LogP contribution in [0, 0.1) is 0 Å². The molecule has 6 nitrogen and oxygen atoms in total. The van der Waals surface area contributed by atoms with Gasteiger partial charge in [0, 0.05) is 12.2 Å². The lowest BCUT2D eigenvalue weighted by Crippen LogP contribution is -2.09. The molecule has 0 atom stereocenters. The third kappa shape index (κ3) is 4.14. The van der Waals surface area contributed by atoms with Crippen molar-refractivity contribution in [3.8, 4) is 11.5 Å². The Kier molecular flexibility index (Phi) is 5.42. The molecule has 0 spiro atoms. The van der Waals surface area contributed by atoms with Gasteiger partial charge in [0.15, 0.2) is 11.5 Å². The summed E-state index contributed by atoms with van der Waals surface area (Å²) in [5.41, 5.74) is 3.18. The molecule has 0 amide bonds. The number of halogens is 1. The van der Waals surface area contributed by atoms with Gasteiger partial charge in [-0.1, -0.05) is 11.6 Å². The number of imidazole rings is 1. The second-order valence-electron chi connectivity index (χ2n) is 6.20. The van der Waals surface area contributed by atoms with E-state index in [0.29, 0.717) is 29.7 Å². The van der Waals surface area contributed by atoms with Crippen LogP contribution in [0.1, 0.15) is 26.3 Å². The van der Waals surface area contributed by atoms with Gasteiger partial charge < -0.3 is 24.8 Å². The molecule has 0 unspecified atom stereocenters. The Bertz CT molecular complexity index is 962. The molecule has 3 aromatic rings. The molecule has 0 saturated carbocycles. The summed E-state index contributed by atoms with van der Waals surface area (Å²) < 4.78 is 11.5. The molecule has 7 heteroatoms.